The molecule has 0 aliphatic carbocycles. The molecule has 0 radical (unpaired) electrons. The van der Waals surface area contributed by atoms with E-state index in [0.717, 1.165) is 44.4 Å². The van der Waals surface area contributed by atoms with Crippen molar-refractivity contribution in [1.82, 2.24) is 13.7 Å². The van der Waals surface area contributed by atoms with Crippen LogP contribution in [0.1, 0.15) is 40.0 Å². The van der Waals surface area contributed by atoms with E-state index in [1.165, 1.54) is 27.9 Å². The van der Waals surface area contributed by atoms with E-state index in [1.54, 1.807) is 0 Å². The average Bonchev–Trinajstić information content (AvgIpc) is 3.44. The van der Waals surface area contributed by atoms with Crippen molar-refractivity contribution in [2.24, 2.45) is 7.05 Å². The number of nitrogens with zero attached hydrogens (tertiary/aromatic N) is 6. The molecule has 186 valence electrons. The summed E-state index contributed by atoms with van der Waals surface area (Å²) in [5, 5.41) is 0. The maximum absolute atomic E-state index is 12.0. The molecule has 3 aromatic heterocycles. The minimum Gasteiger partial charge on any atom is -0.240 e. The highest BCUT2D eigenvalue weighted by molar-refractivity contribution is 4.69. The summed E-state index contributed by atoms with van der Waals surface area (Å²) in [6.07, 6.45) is 7.43. The van der Waals surface area contributed by atoms with Gasteiger partial charge in [-0.2, -0.15) is 0 Å². The molecule has 0 atom stereocenters. The van der Waals surface area contributed by atoms with Crippen LogP contribution in [0.3, 0.4) is 0 Å². The second-order valence-electron chi connectivity index (χ2n) is 7.37. The van der Waals surface area contributed by atoms with Crippen LogP contribution >= 0.6 is 0 Å². The zero-order valence-corrected chi connectivity index (χ0v) is 19.4. The SMILES string of the molecule is CCC[n+]1ccn(C(F)(F)F)c1.CCC[n+]1ccn(C(F)(F)F)c1.CCCn1cc[n+](C)c1. The molecule has 0 fully saturated rings. The van der Waals surface area contributed by atoms with E-state index >= 15 is 0 Å². The summed E-state index contributed by atoms with van der Waals surface area (Å²) >= 11 is 0. The lowest BCUT2D eigenvalue weighted by molar-refractivity contribution is -0.697. The number of hydrogen-bond donors (Lipinski definition) is 0. The summed E-state index contributed by atoms with van der Waals surface area (Å²) in [6.45, 7) is 8.36. The Morgan fingerprint density at radius 1 is 0.636 bits per heavy atom. The highest BCUT2D eigenvalue weighted by atomic mass is 19.4. The first-order valence-corrected chi connectivity index (χ1v) is 10.7. The summed E-state index contributed by atoms with van der Waals surface area (Å²) in [4.78, 5) is 0. The van der Waals surface area contributed by atoms with Gasteiger partial charge in [-0.05, 0) is 19.3 Å². The summed E-state index contributed by atoms with van der Waals surface area (Å²) < 4.78 is 79.7. The molecule has 0 amide bonds. The Morgan fingerprint density at radius 2 is 1.09 bits per heavy atom. The van der Waals surface area contributed by atoms with E-state index < -0.39 is 12.6 Å². The molecule has 0 unspecified atom stereocenters. The van der Waals surface area contributed by atoms with Crippen molar-refractivity contribution in [3.05, 3.63) is 56.2 Å². The Morgan fingerprint density at radius 3 is 1.36 bits per heavy atom. The largest absolute Gasteiger partial charge is 0.567 e. The molecule has 6 nitrogen and oxygen atoms in total. The first-order chi connectivity index (χ1) is 15.4. The molecule has 0 aromatic carbocycles. The standard InChI is InChI=1S/2C7H10F3N2.C7H13N2/c2*1-2-3-11-4-5-12(6-11)7(8,9)10;1-3-4-9-6-5-8(2)7-9/h2*4-6H,2-3H2,1H3;5-7H,3-4H2,1-2H3/q3*+1. The van der Waals surface area contributed by atoms with Crippen LogP contribution < -0.4 is 13.7 Å². The lowest BCUT2D eigenvalue weighted by Gasteiger charge is -1.97. The highest BCUT2D eigenvalue weighted by Gasteiger charge is 2.37. The van der Waals surface area contributed by atoms with E-state index in [2.05, 4.69) is 34.8 Å². The molecule has 0 aliphatic rings. The van der Waals surface area contributed by atoms with Gasteiger partial charge in [-0.25, -0.2) is 18.3 Å². The molecule has 0 saturated carbocycles. The number of halogens is 6. The van der Waals surface area contributed by atoms with Gasteiger partial charge in [0.2, 0.25) is 6.33 Å². The van der Waals surface area contributed by atoms with E-state index in [9.17, 15) is 26.3 Å². The minimum atomic E-state index is -4.29. The van der Waals surface area contributed by atoms with Gasteiger partial charge in [0.15, 0.2) is 0 Å². The number of imidazole rings is 3. The first kappa shape index (κ1) is 28.2. The molecule has 0 bridgehead atoms. The molecule has 3 heterocycles. The van der Waals surface area contributed by atoms with Crippen LogP contribution in [0.4, 0.5) is 26.3 Å². The zero-order valence-electron chi connectivity index (χ0n) is 19.4. The monoisotopic (exact) mass is 483 g/mol. The summed E-state index contributed by atoms with van der Waals surface area (Å²) in [5.74, 6) is 0. The fraction of sp³-hybridized carbons (Fsp3) is 0.571. The van der Waals surface area contributed by atoms with Gasteiger partial charge in [0, 0.05) is 0 Å². The molecular formula is C21H33F6N6+3. The third kappa shape index (κ3) is 10.6. The molecule has 0 aliphatic heterocycles. The fourth-order valence-electron chi connectivity index (χ4n) is 2.76. The molecule has 0 N–H and O–H groups in total. The Balaban J connectivity index is 0.000000250. The lowest BCUT2D eigenvalue weighted by atomic mass is 10.5. The zero-order chi connectivity index (χ0) is 25.1. The summed E-state index contributed by atoms with van der Waals surface area (Å²) in [5.41, 5.74) is 0. The maximum atomic E-state index is 12.0. The highest BCUT2D eigenvalue weighted by Crippen LogP contribution is 2.20. The average molecular weight is 484 g/mol. The number of rotatable bonds is 6. The predicted molar refractivity (Wildman–Crippen MR) is 108 cm³/mol. The van der Waals surface area contributed by atoms with Gasteiger partial charge in [0.05, 0.1) is 26.7 Å². The normalized spacial score (nSPS) is 11.5. The molecule has 0 spiro atoms. The quantitative estimate of drug-likeness (QED) is 0.374. The van der Waals surface area contributed by atoms with E-state index in [0.29, 0.717) is 13.1 Å². The third-order valence-corrected chi connectivity index (χ3v) is 4.24. The molecular weight excluding hydrogens is 450 g/mol. The van der Waals surface area contributed by atoms with Crippen molar-refractivity contribution in [3.8, 4) is 0 Å². The minimum absolute atomic E-state index is 0.239. The molecule has 3 aromatic rings. The van der Waals surface area contributed by atoms with Crippen molar-refractivity contribution >= 4 is 0 Å². The fourth-order valence-corrected chi connectivity index (χ4v) is 2.76. The first-order valence-electron chi connectivity index (χ1n) is 10.7. The topological polar surface area (TPSA) is 26.4 Å². The molecule has 12 heteroatoms. The Labute approximate surface area is 189 Å². The van der Waals surface area contributed by atoms with Gasteiger partial charge in [0.25, 0.3) is 12.7 Å². The van der Waals surface area contributed by atoms with E-state index in [-0.39, 0.29) is 9.13 Å². The lowest BCUT2D eigenvalue weighted by Crippen LogP contribution is -2.31. The third-order valence-electron chi connectivity index (χ3n) is 4.24. The van der Waals surface area contributed by atoms with Crippen LogP contribution in [0.15, 0.2) is 56.2 Å². The van der Waals surface area contributed by atoms with Gasteiger partial charge in [-0.1, -0.05) is 20.8 Å². The Hall–Kier alpha value is -2.79. The number of aryl methyl sites for hydroxylation is 4. The predicted octanol–water partition coefficient (Wildman–Crippen LogP) is 4.05. The second-order valence-corrected chi connectivity index (χ2v) is 7.37. The van der Waals surface area contributed by atoms with Crippen LogP contribution in [0, 0.1) is 0 Å². The van der Waals surface area contributed by atoms with Gasteiger partial charge in [-0.3, -0.25) is 0 Å². The summed E-state index contributed by atoms with van der Waals surface area (Å²) in [6, 6.07) is 0. The van der Waals surface area contributed by atoms with Crippen molar-refractivity contribution in [2.75, 3.05) is 0 Å². The van der Waals surface area contributed by atoms with Gasteiger partial charge in [0.1, 0.15) is 37.2 Å². The van der Waals surface area contributed by atoms with E-state index in [1.807, 2.05) is 20.9 Å². The Bertz CT molecular complexity index is 868. The van der Waals surface area contributed by atoms with Gasteiger partial charge in [-0.15, -0.1) is 35.5 Å². The van der Waals surface area contributed by atoms with Crippen LogP contribution in [0.2, 0.25) is 0 Å². The van der Waals surface area contributed by atoms with Gasteiger partial charge >= 0.3 is 12.6 Å². The van der Waals surface area contributed by atoms with Crippen LogP contribution in [0.5, 0.6) is 0 Å². The Kier molecular flexibility index (Phi) is 11.2. The van der Waals surface area contributed by atoms with Crippen molar-refractivity contribution in [2.45, 2.75) is 72.3 Å². The number of alkyl halides is 6. The molecule has 3 rings (SSSR count). The summed E-state index contributed by atoms with van der Waals surface area (Å²) in [7, 11) is 2.03. The van der Waals surface area contributed by atoms with Gasteiger partial charge < -0.3 is 0 Å². The van der Waals surface area contributed by atoms with Crippen molar-refractivity contribution < 1.29 is 40.0 Å². The van der Waals surface area contributed by atoms with Crippen molar-refractivity contribution in [1.29, 1.82) is 0 Å². The second kappa shape index (κ2) is 13.0. The smallest absolute Gasteiger partial charge is 0.240 e. The number of hydrogen-bond acceptors (Lipinski definition) is 0. The number of aromatic nitrogens is 6. The van der Waals surface area contributed by atoms with Crippen LogP contribution in [-0.4, -0.2) is 13.7 Å². The van der Waals surface area contributed by atoms with Crippen LogP contribution in [-0.2, 0) is 39.3 Å². The van der Waals surface area contributed by atoms with Crippen LogP contribution in [0.25, 0.3) is 0 Å². The van der Waals surface area contributed by atoms with E-state index in [4.69, 9.17) is 0 Å². The molecule has 0 saturated heterocycles. The maximum Gasteiger partial charge on any atom is 0.567 e. The van der Waals surface area contributed by atoms with Crippen molar-refractivity contribution in [3.63, 3.8) is 0 Å². The molecule has 33 heavy (non-hydrogen) atoms.